The fraction of sp³-hybridized carbons (Fsp3) is 0.421. The van der Waals surface area contributed by atoms with Gasteiger partial charge in [0.15, 0.2) is 0 Å². The predicted molar refractivity (Wildman–Crippen MR) is 172 cm³/mol. The summed E-state index contributed by atoms with van der Waals surface area (Å²) in [6.07, 6.45) is 4.18. The topological polar surface area (TPSA) is 127 Å². The molecule has 46 heavy (non-hydrogen) atoms. The van der Waals surface area contributed by atoms with E-state index in [9.17, 15) is 29.4 Å². The Labute approximate surface area is 267 Å². The van der Waals surface area contributed by atoms with Crippen LogP contribution in [0.15, 0.2) is 58.7 Å². The molecule has 6 atom stereocenters. The lowest BCUT2D eigenvalue weighted by Gasteiger charge is -2.23. The number of carbonyl (C=O) groups excluding carboxylic acids is 2. The second kappa shape index (κ2) is 11.1. The van der Waals surface area contributed by atoms with E-state index in [1.165, 1.54) is 0 Å². The van der Waals surface area contributed by atoms with Crippen LogP contribution < -0.4 is 9.47 Å². The zero-order valence-electron chi connectivity index (χ0n) is 26.5. The van der Waals surface area contributed by atoms with Gasteiger partial charge in [-0.2, -0.15) is 0 Å². The largest absolute Gasteiger partial charge is 0.478 e. The molecule has 238 valence electrons. The number of carbonyl (C=O) groups is 4. The number of ether oxygens (including phenoxy) is 2. The fourth-order valence-corrected chi connectivity index (χ4v) is 8.91. The van der Waals surface area contributed by atoms with Crippen LogP contribution in [0.25, 0.3) is 21.5 Å². The van der Waals surface area contributed by atoms with Crippen LogP contribution in [0.3, 0.4) is 0 Å². The van der Waals surface area contributed by atoms with Crippen LogP contribution >= 0.6 is 0 Å². The fourth-order valence-electron chi connectivity index (χ4n) is 8.91. The van der Waals surface area contributed by atoms with E-state index in [-0.39, 0.29) is 57.8 Å². The van der Waals surface area contributed by atoms with Gasteiger partial charge in [-0.05, 0) is 97.3 Å². The summed E-state index contributed by atoms with van der Waals surface area (Å²) in [6, 6.07) is 11.4. The molecule has 2 N–H and O–H groups in total. The molecule has 8 heteroatoms. The number of benzene rings is 3. The summed E-state index contributed by atoms with van der Waals surface area (Å²) in [7, 11) is 0. The lowest BCUT2D eigenvalue weighted by atomic mass is 9.84. The molecule has 3 aromatic carbocycles. The Hall–Kier alpha value is -4.46. The first-order chi connectivity index (χ1) is 22.0. The molecule has 4 bridgehead atoms. The number of hydrogen-bond donors (Lipinski definition) is 2. The van der Waals surface area contributed by atoms with Crippen molar-refractivity contribution in [3.8, 4) is 11.5 Å². The Morgan fingerprint density at radius 2 is 1.00 bits per heavy atom. The standard InChI is InChI=1S/C38H38O8/c1-5-19-7-9-23-27(13-19)33(45-37(43)29-21-11-17(3)25(15-21)31(29)35(39)40)24-10-8-20(6-2)14-28(24)34(23)46-38(44)30-22-12-18(4)26(16-22)32(30)36(41)42/h7-10,13-14,17-18,21-22,25-26H,5-6,11-12,15-16H2,1-4H3,(H,39,40)(H,41,42). The highest BCUT2D eigenvalue weighted by Gasteiger charge is 2.50. The lowest BCUT2D eigenvalue weighted by Crippen LogP contribution is -2.25. The molecule has 0 spiro atoms. The third kappa shape index (κ3) is 4.56. The van der Waals surface area contributed by atoms with Gasteiger partial charge in [0, 0.05) is 21.5 Å². The molecule has 4 aliphatic carbocycles. The summed E-state index contributed by atoms with van der Waals surface area (Å²) in [6.45, 7) is 8.08. The van der Waals surface area contributed by atoms with Crippen molar-refractivity contribution < 1.29 is 38.9 Å². The molecule has 2 fully saturated rings. The first kappa shape index (κ1) is 30.2. The highest BCUT2D eigenvalue weighted by atomic mass is 16.5. The second-order valence-electron chi connectivity index (χ2n) is 13.7. The van der Waals surface area contributed by atoms with Gasteiger partial charge in [0.2, 0.25) is 0 Å². The number of rotatable bonds is 8. The van der Waals surface area contributed by atoms with Crippen LogP contribution in [0.4, 0.5) is 0 Å². The second-order valence-corrected chi connectivity index (χ2v) is 13.7. The van der Waals surface area contributed by atoms with Crippen molar-refractivity contribution in [3.05, 3.63) is 69.8 Å². The highest BCUT2D eigenvalue weighted by molar-refractivity contribution is 6.15. The molecule has 3 aromatic rings. The number of aryl methyl sites for hydroxylation is 2. The van der Waals surface area contributed by atoms with Gasteiger partial charge in [0.1, 0.15) is 11.5 Å². The third-order valence-corrected chi connectivity index (χ3v) is 11.2. The number of fused-ring (bicyclic) bond motifs is 6. The van der Waals surface area contributed by atoms with Crippen molar-refractivity contribution in [3.63, 3.8) is 0 Å². The van der Waals surface area contributed by atoms with Crippen molar-refractivity contribution >= 4 is 45.4 Å². The van der Waals surface area contributed by atoms with E-state index in [0.717, 1.165) is 24.0 Å². The van der Waals surface area contributed by atoms with Gasteiger partial charge >= 0.3 is 23.9 Å². The number of hydrogen-bond acceptors (Lipinski definition) is 6. The smallest absolute Gasteiger partial charge is 0.340 e. The van der Waals surface area contributed by atoms with Crippen molar-refractivity contribution in [2.75, 3.05) is 0 Å². The maximum absolute atomic E-state index is 13.9. The van der Waals surface area contributed by atoms with E-state index < -0.39 is 23.9 Å². The average molecular weight is 623 g/mol. The highest BCUT2D eigenvalue weighted by Crippen LogP contribution is 2.54. The minimum atomic E-state index is -1.08. The Morgan fingerprint density at radius 3 is 1.35 bits per heavy atom. The van der Waals surface area contributed by atoms with Gasteiger partial charge in [0.25, 0.3) is 0 Å². The maximum Gasteiger partial charge on any atom is 0.340 e. The van der Waals surface area contributed by atoms with Crippen LogP contribution in [-0.4, -0.2) is 34.1 Å². The minimum absolute atomic E-state index is 0.157. The summed E-state index contributed by atoms with van der Waals surface area (Å²) in [5, 5.41) is 22.4. The molecule has 0 saturated heterocycles. The van der Waals surface area contributed by atoms with E-state index in [0.29, 0.717) is 58.7 Å². The van der Waals surface area contributed by atoms with Crippen LogP contribution in [-0.2, 0) is 32.0 Å². The van der Waals surface area contributed by atoms with Crippen LogP contribution in [0.5, 0.6) is 11.5 Å². The van der Waals surface area contributed by atoms with Gasteiger partial charge in [-0.15, -0.1) is 0 Å². The van der Waals surface area contributed by atoms with Crippen LogP contribution in [0.2, 0.25) is 0 Å². The van der Waals surface area contributed by atoms with Crippen LogP contribution in [0.1, 0.15) is 64.5 Å². The molecule has 0 aromatic heterocycles. The number of carboxylic acid groups (broad SMARTS) is 2. The van der Waals surface area contributed by atoms with E-state index in [1.807, 2.05) is 64.1 Å². The van der Waals surface area contributed by atoms with E-state index in [2.05, 4.69) is 0 Å². The van der Waals surface area contributed by atoms with E-state index in [4.69, 9.17) is 9.47 Å². The SMILES string of the molecule is CCc1ccc2c(OC(=O)C3=C(C(=O)O)C4CC3CC4C)c3cc(CC)ccc3c(OC(=O)C3=C(C(=O)O)C4CC3CC4C)c2c1. The Kier molecular flexibility index (Phi) is 7.29. The molecule has 6 unspecified atom stereocenters. The molecule has 2 saturated carbocycles. The Balaban J connectivity index is 1.40. The maximum atomic E-state index is 13.9. The normalized spacial score (nSPS) is 26.4. The Bertz CT molecular complexity index is 1790. The average Bonchev–Trinajstić information content (AvgIpc) is 3.80. The molecule has 0 aliphatic heterocycles. The lowest BCUT2D eigenvalue weighted by molar-refractivity contribution is -0.135. The molecule has 0 heterocycles. The zero-order valence-corrected chi connectivity index (χ0v) is 26.5. The third-order valence-electron chi connectivity index (χ3n) is 11.2. The first-order valence-electron chi connectivity index (χ1n) is 16.4. The zero-order chi connectivity index (χ0) is 32.6. The number of carboxylic acids is 2. The molecule has 7 rings (SSSR count). The number of esters is 2. The monoisotopic (exact) mass is 622 g/mol. The minimum Gasteiger partial charge on any atom is -0.478 e. The van der Waals surface area contributed by atoms with Gasteiger partial charge in [-0.1, -0.05) is 52.0 Å². The molecule has 8 nitrogen and oxygen atoms in total. The summed E-state index contributed by atoms with van der Waals surface area (Å²) in [5.74, 6) is -3.14. The quantitative estimate of drug-likeness (QED) is 0.156. The van der Waals surface area contributed by atoms with Crippen LogP contribution in [0, 0.1) is 35.5 Å². The van der Waals surface area contributed by atoms with Crippen molar-refractivity contribution in [2.45, 2.75) is 66.2 Å². The molecular weight excluding hydrogens is 584 g/mol. The van der Waals surface area contributed by atoms with Crippen molar-refractivity contribution in [2.24, 2.45) is 35.5 Å². The van der Waals surface area contributed by atoms with Crippen molar-refractivity contribution in [1.29, 1.82) is 0 Å². The molecule has 4 aliphatic rings. The van der Waals surface area contributed by atoms with E-state index >= 15 is 0 Å². The summed E-state index contributed by atoms with van der Waals surface area (Å²) < 4.78 is 12.5. The molecule has 0 radical (unpaired) electrons. The van der Waals surface area contributed by atoms with Gasteiger partial charge in [-0.3, -0.25) is 0 Å². The first-order valence-corrected chi connectivity index (χ1v) is 16.4. The molecule has 0 amide bonds. The van der Waals surface area contributed by atoms with Gasteiger partial charge < -0.3 is 19.7 Å². The van der Waals surface area contributed by atoms with Gasteiger partial charge in [-0.25, -0.2) is 19.2 Å². The summed E-state index contributed by atoms with van der Waals surface area (Å²) in [4.78, 5) is 52.5. The van der Waals surface area contributed by atoms with Crippen molar-refractivity contribution in [1.82, 2.24) is 0 Å². The number of aliphatic carboxylic acids is 2. The van der Waals surface area contributed by atoms with Gasteiger partial charge in [0.05, 0.1) is 22.3 Å². The summed E-state index contributed by atoms with van der Waals surface area (Å²) >= 11 is 0. The Morgan fingerprint density at radius 1 is 0.609 bits per heavy atom. The summed E-state index contributed by atoms with van der Waals surface area (Å²) in [5.41, 5.74) is 2.79. The van der Waals surface area contributed by atoms with E-state index in [1.54, 1.807) is 0 Å². The molecular formula is C38H38O8. The predicted octanol–water partition coefficient (Wildman–Crippen LogP) is 7.04.